The first-order valence-corrected chi connectivity index (χ1v) is 6.92. The van der Waals surface area contributed by atoms with Crippen molar-refractivity contribution < 1.29 is 9.72 Å². The fraction of sp³-hybridized carbons (Fsp3) is 0.692. The maximum absolute atomic E-state index is 12.4. The van der Waals surface area contributed by atoms with E-state index in [4.69, 9.17) is 0 Å². The van der Waals surface area contributed by atoms with Crippen LogP contribution in [0.1, 0.15) is 43.6 Å². The lowest BCUT2D eigenvalue weighted by Crippen LogP contribution is -2.40. The Labute approximate surface area is 117 Å². The monoisotopic (exact) mass is 280 g/mol. The number of likely N-dealkylation sites (tertiary alicyclic amines) is 1. The van der Waals surface area contributed by atoms with Gasteiger partial charge in [-0.15, -0.1) is 0 Å². The highest BCUT2D eigenvalue weighted by molar-refractivity contribution is 5.80. The second-order valence-corrected chi connectivity index (χ2v) is 5.28. The van der Waals surface area contributed by atoms with Gasteiger partial charge in [-0.1, -0.05) is 0 Å². The maximum Gasteiger partial charge on any atom is 0.312 e. The molecule has 20 heavy (non-hydrogen) atoms. The Morgan fingerprint density at radius 3 is 2.40 bits per heavy atom. The molecule has 0 bridgehead atoms. The summed E-state index contributed by atoms with van der Waals surface area (Å²) in [4.78, 5) is 24.8. The zero-order valence-corrected chi connectivity index (χ0v) is 12.1. The first kappa shape index (κ1) is 14.5. The molecule has 2 rings (SSSR count). The minimum Gasteiger partial charge on any atom is -0.341 e. The smallest absolute Gasteiger partial charge is 0.312 e. The molecule has 1 amide bonds. The number of nitrogens with zero attached hydrogens (tertiary/aromatic N) is 4. The van der Waals surface area contributed by atoms with Crippen molar-refractivity contribution in [2.45, 2.75) is 46.1 Å². The molecule has 0 saturated carbocycles. The second kappa shape index (κ2) is 5.60. The molecule has 0 N–H and O–H groups in total. The van der Waals surface area contributed by atoms with Crippen LogP contribution in [-0.4, -0.2) is 38.6 Å². The van der Waals surface area contributed by atoms with Gasteiger partial charge in [-0.3, -0.25) is 19.6 Å². The lowest BCUT2D eigenvalue weighted by molar-refractivity contribution is -0.386. The predicted octanol–water partition coefficient (Wildman–Crippen LogP) is 1.98. The van der Waals surface area contributed by atoms with Gasteiger partial charge in [0.15, 0.2) is 0 Å². The summed E-state index contributed by atoms with van der Waals surface area (Å²) in [6.07, 6.45) is 3.20. The van der Waals surface area contributed by atoms with Gasteiger partial charge in [0.1, 0.15) is 17.4 Å². The number of carbonyl (C=O) groups excluding carboxylic acids is 1. The van der Waals surface area contributed by atoms with Gasteiger partial charge in [0, 0.05) is 13.1 Å². The molecule has 2 heterocycles. The quantitative estimate of drug-likeness (QED) is 0.626. The topological polar surface area (TPSA) is 81.3 Å². The van der Waals surface area contributed by atoms with E-state index in [1.54, 1.807) is 20.8 Å². The number of aryl methyl sites for hydroxylation is 1. The van der Waals surface area contributed by atoms with Crippen LogP contribution >= 0.6 is 0 Å². The third-order valence-corrected chi connectivity index (χ3v) is 3.86. The summed E-state index contributed by atoms with van der Waals surface area (Å²) in [5, 5.41) is 15.2. The van der Waals surface area contributed by atoms with E-state index in [0.717, 1.165) is 32.4 Å². The fourth-order valence-electron chi connectivity index (χ4n) is 2.78. The highest BCUT2D eigenvalue weighted by atomic mass is 16.6. The molecular formula is C13H20N4O3. The standard InChI is InChI=1S/C13H20N4O3/c1-9-12(17(19)20)10(2)16(14-9)11(3)13(18)15-7-5-4-6-8-15/h11H,4-8H2,1-3H3. The van der Waals surface area contributed by atoms with Gasteiger partial charge < -0.3 is 4.90 Å². The molecule has 1 saturated heterocycles. The van der Waals surface area contributed by atoms with Crippen LogP contribution in [-0.2, 0) is 4.79 Å². The van der Waals surface area contributed by atoms with Crippen LogP contribution < -0.4 is 0 Å². The molecule has 0 aliphatic carbocycles. The largest absolute Gasteiger partial charge is 0.341 e. The molecule has 0 radical (unpaired) electrons. The van der Waals surface area contributed by atoms with E-state index >= 15 is 0 Å². The van der Waals surface area contributed by atoms with E-state index in [-0.39, 0.29) is 11.6 Å². The highest BCUT2D eigenvalue weighted by Crippen LogP contribution is 2.25. The second-order valence-electron chi connectivity index (χ2n) is 5.28. The SMILES string of the molecule is Cc1nn(C(C)C(=O)N2CCCCC2)c(C)c1[N+](=O)[O-]. The van der Waals surface area contributed by atoms with E-state index in [0.29, 0.717) is 11.4 Å². The van der Waals surface area contributed by atoms with Gasteiger partial charge in [-0.2, -0.15) is 5.10 Å². The molecular weight excluding hydrogens is 260 g/mol. The van der Waals surface area contributed by atoms with Crippen LogP contribution in [0.3, 0.4) is 0 Å². The number of amides is 1. The Hall–Kier alpha value is -1.92. The zero-order chi connectivity index (χ0) is 14.9. The van der Waals surface area contributed by atoms with Crippen molar-refractivity contribution in [3.8, 4) is 0 Å². The maximum atomic E-state index is 12.4. The van der Waals surface area contributed by atoms with E-state index in [1.165, 1.54) is 4.68 Å². The minimum absolute atomic E-state index is 0.00305. The number of nitro groups is 1. The van der Waals surface area contributed by atoms with Crippen molar-refractivity contribution in [2.24, 2.45) is 0 Å². The number of hydrogen-bond acceptors (Lipinski definition) is 4. The van der Waals surface area contributed by atoms with Gasteiger partial charge in [0.25, 0.3) is 0 Å². The molecule has 1 aromatic rings. The average Bonchev–Trinajstić information content (AvgIpc) is 2.73. The minimum atomic E-state index is -0.500. The Bertz CT molecular complexity index is 532. The number of hydrogen-bond donors (Lipinski definition) is 0. The van der Waals surface area contributed by atoms with E-state index in [9.17, 15) is 14.9 Å². The zero-order valence-electron chi connectivity index (χ0n) is 12.1. The van der Waals surface area contributed by atoms with Crippen molar-refractivity contribution in [1.29, 1.82) is 0 Å². The van der Waals surface area contributed by atoms with Gasteiger partial charge in [-0.05, 0) is 40.0 Å². The first-order chi connectivity index (χ1) is 9.43. The van der Waals surface area contributed by atoms with Crippen LogP contribution in [0.5, 0.6) is 0 Å². The van der Waals surface area contributed by atoms with E-state index in [2.05, 4.69) is 5.10 Å². The van der Waals surface area contributed by atoms with Crippen LogP contribution in [0, 0.1) is 24.0 Å². The van der Waals surface area contributed by atoms with Gasteiger partial charge >= 0.3 is 5.69 Å². The lowest BCUT2D eigenvalue weighted by Gasteiger charge is -2.29. The molecule has 1 aliphatic heterocycles. The van der Waals surface area contributed by atoms with Crippen molar-refractivity contribution >= 4 is 11.6 Å². The Morgan fingerprint density at radius 2 is 1.90 bits per heavy atom. The summed E-state index contributed by atoms with van der Waals surface area (Å²) in [5.41, 5.74) is 0.791. The summed E-state index contributed by atoms with van der Waals surface area (Å²) in [6.45, 7) is 6.52. The molecule has 7 nitrogen and oxygen atoms in total. The summed E-state index contributed by atoms with van der Waals surface area (Å²) in [7, 11) is 0. The van der Waals surface area contributed by atoms with Crippen LogP contribution in [0.2, 0.25) is 0 Å². The third-order valence-electron chi connectivity index (χ3n) is 3.86. The van der Waals surface area contributed by atoms with Crippen molar-refractivity contribution in [3.05, 3.63) is 21.5 Å². The van der Waals surface area contributed by atoms with Crippen molar-refractivity contribution in [1.82, 2.24) is 14.7 Å². The number of carbonyl (C=O) groups is 1. The van der Waals surface area contributed by atoms with E-state index in [1.807, 2.05) is 4.90 Å². The summed E-state index contributed by atoms with van der Waals surface area (Å²) in [6, 6.07) is -0.500. The summed E-state index contributed by atoms with van der Waals surface area (Å²) >= 11 is 0. The summed E-state index contributed by atoms with van der Waals surface area (Å²) in [5.74, 6) is -0.00908. The van der Waals surface area contributed by atoms with Gasteiger partial charge in [-0.25, -0.2) is 0 Å². The number of aromatic nitrogens is 2. The Balaban J connectivity index is 2.24. The normalized spacial score (nSPS) is 17.1. The Kier molecular flexibility index (Phi) is 4.06. The summed E-state index contributed by atoms with van der Waals surface area (Å²) < 4.78 is 1.48. The molecule has 1 aliphatic rings. The van der Waals surface area contributed by atoms with Crippen LogP contribution in [0.4, 0.5) is 5.69 Å². The highest BCUT2D eigenvalue weighted by Gasteiger charge is 2.29. The Morgan fingerprint density at radius 1 is 1.30 bits per heavy atom. The predicted molar refractivity (Wildman–Crippen MR) is 73.5 cm³/mol. The first-order valence-electron chi connectivity index (χ1n) is 6.92. The van der Waals surface area contributed by atoms with Gasteiger partial charge in [0.05, 0.1) is 4.92 Å². The van der Waals surface area contributed by atoms with Crippen LogP contribution in [0.15, 0.2) is 0 Å². The van der Waals surface area contributed by atoms with Crippen LogP contribution in [0.25, 0.3) is 0 Å². The number of piperidine rings is 1. The van der Waals surface area contributed by atoms with E-state index < -0.39 is 11.0 Å². The molecule has 7 heteroatoms. The number of rotatable bonds is 3. The molecule has 1 fully saturated rings. The molecule has 1 aromatic heterocycles. The van der Waals surface area contributed by atoms with Crippen molar-refractivity contribution in [3.63, 3.8) is 0 Å². The van der Waals surface area contributed by atoms with Gasteiger partial charge in [0.2, 0.25) is 5.91 Å². The molecule has 0 aromatic carbocycles. The average molecular weight is 280 g/mol. The molecule has 1 atom stereocenters. The molecule has 0 spiro atoms. The molecule has 110 valence electrons. The van der Waals surface area contributed by atoms with Crippen molar-refractivity contribution in [2.75, 3.05) is 13.1 Å². The fourth-order valence-corrected chi connectivity index (χ4v) is 2.78. The third kappa shape index (κ3) is 2.52. The molecule has 1 unspecified atom stereocenters. The lowest BCUT2D eigenvalue weighted by atomic mass is 10.1.